The summed E-state index contributed by atoms with van der Waals surface area (Å²) in [6.45, 7) is 2.92. The molecule has 2 aliphatic rings. The molecule has 3 N–H and O–H groups in total. The average molecular weight is 329 g/mol. The van der Waals surface area contributed by atoms with E-state index >= 15 is 0 Å². The Morgan fingerprint density at radius 3 is 2.25 bits per heavy atom. The number of hydrogen-bond donors (Lipinski definition) is 3. The fourth-order valence-electron chi connectivity index (χ4n) is 3.62. The van der Waals surface area contributed by atoms with Gasteiger partial charge in [-0.05, 0) is 51.3 Å². The molecule has 130 valence electrons. The van der Waals surface area contributed by atoms with Crippen LogP contribution in [0, 0.1) is 6.92 Å². The summed E-state index contributed by atoms with van der Waals surface area (Å²) >= 11 is 0. The highest BCUT2D eigenvalue weighted by molar-refractivity contribution is 5.94. The van der Waals surface area contributed by atoms with E-state index in [1.807, 2.05) is 31.2 Å². The lowest BCUT2D eigenvalue weighted by Gasteiger charge is -2.33. The van der Waals surface area contributed by atoms with Gasteiger partial charge >= 0.3 is 0 Å². The Bertz CT molecular complexity index is 579. The molecule has 0 bridgehead atoms. The largest absolute Gasteiger partial charge is 0.350 e. The van der Waals surface area contributed by atoms with Crippen LogP contribution in [0.25, 0.3) is 0 Å². The van der Waals surface area contributed by atoms with Gasteiger partial charge in [0, 0.05) is 17.6 Å². The molecule has 2 fully saturated rings. The summed E-state index contributed by atoms with van der Waals surface area (Å²) in [5.41, 5.74) is 1.81. The minimum Gasteiger partial charge on any atom is -0.350 e. The van der Waals surface area contributed by atoms with Crippen LogP contribution in [0.3, 0.4) is 0 Å². The topological polar surface area (TPSA) is 70.2 Å². The van der Waals surface area contributed by atoms with Gasteiger partial charge in [0.1, 0.15) is 0 Å². The lowest BCUT2D eigenvalue weighted by Crippen LogP contribution is -2.55. The number of carbonyl (C=O) groups is 2. The van der Waals surface area contributed by atoms with Crippen LogP contribution in [0.4, 0.5) is 0 Å². The van der Waals surface area contributed by atoms with Crippen LogP contribution in [0.2, 0.25) is 0 Å². The van der Waals surface area contributed by atoms with E-state index in [1.54, 1.807) is 0 Å². The second-order valence-corrected chi connectivity index (χ2v) is 6.99. The zero-order chi connectivity index (χ0) is 16.9. The highest BCUT2D eigenvalue weighted by Gasteiger charge is 2.31. The molecule has 5 nitrogen and oxygen atoms in total. The molecule has 1 aromatic carbocycles. The van der Waals surface area contributed by atoms with Crippen molar-refractivity contribution in [3.63, 3.8) is 0 Å². The smallest absolute Gasteiger partial charge is 0.251 e. The number of rotatable bonds is 4. The lowest BCUT2D eigenvalue weighted by atomic mass is 9.89. The minimum absolute atomic E-state index is 0.0120. The van der Waals surface area contributed by atoms with Crippen molar-refractivity contribution in [1.29, 1.82) is 0 Å². The lowest BCUT2D eigenvalue weighted by molar-refractivity contribution is -0.123. The fourth-order valence-corrected chi connectivity index (χ4v) is 3.62. The van der Waals surface area contributed by atoms with Gasteiger partial charge in [0.15, 0.2) is 0 Å². The molecule has 0 radical (unpaired) electrons. The molecule has 0 spiro atoms. The van der Waals surface area contributed by atoms with E-state index in [1.165, 1.54) is 0 Å². The summed E-state index contributed by atoms with van der Waals surface area (Å²) in [7, 11) is 0. The van der Waals surface area contributed by atoms with Gasteiger partial charge in [-0.15, -0.1) is 0 Å². The van der Waals surface area contributed by atoms with Crippen LogP contribution in [-0.4, -0.2) is 36.5 Å². The summed E-state index contributed by atoms with van der Waals surface area (Å²) in [4.78, 5) is 24.8. The van der Waals surface area contributed by atoms with Crippen molar-refractivity contribution >= 4 is 11.8 Å². The predicted molar refractivity (Wildman–Crippen MR) is 93.9 cm³/mol. The SMILES string of the molecule is Cc1ccc(C(=O)N[C@@H]2CCCCC2NC(=O)[C@@H]2CCCN2)cc1. The van der Waals surface area contributed by atoms with Gasteiger partial charge in [-0.1, -0.05) is 30.5 Å². The Morgan fingerprint density at radius 2 is 1.62 bits per heavy atom. The van der Waals surface area contributed by atoms with Crippen molar-refractivity contribution in [2.75, 3.05) is 6.54 Å². The third-order valence-electron chi connectivity index (χ3n) is 5.10. The molecule has 1 heterocycles. The Labute approximate surface area is 143 Å². The highest BCUT2D eigenvalue weighted by Crippen LogP contribution is 2.20. The van der Waals surface area contributed by atoms with E-state index < -0.39 is 0 Å². The molecule has 3 rings (SSSR count). The summed E-state index contributed by atoms with van der Waals surface area (Å²) in [5.74, 6) is 0.0223. The Balaban J connectivity index is 1.60. The summed E-state index contributed by atoms with van der Waals surface area (Å²) < 4.78 is 0. The van der Waals surface area contributed by atoms with Gasteiger partial charge in [0.2, 0.25) is 5.91 Å². The van der Waals surface area contributed by atoms with Crippen molar-refractivity contribution < 1.29 is 9.59 Å². The molecule has 1 aliphatic heterocycles. The van der Waals surface area contributed by atoms with Crippen molar-refractivity contribution in [3.05, 3.63) is 35.4 Å². The maximum Gasteiger partial charge on any atom is 0.251 e. The van der Waals surface area contributed by atoms with Crippen LogP contribution in [0.1, 0.15) is 54.4 Å². The maximum absolute atomic E-state index is 12.5. The number of hydrogen-bond acceptors (Lipinski definition) is 3. The quantitative estimate of drug-likeness (QED) is 0.790. The minimum atomic E-state index is -0.0691. The molecule has 2 amide bonds. The number of amides is 2. The second kappa shape index (κ2) is 7.79. The maximum atomic E-state index is 12.5. The van der Waals surface area contributed by atoms with E-state index in [0.717, 1.165) is 50.6 Å². The van der Waals surface area contributed by atoms with Crippen LogP contribution in [0.15, 0.2) is 24.3 Å². The molecule has 5 heteroatoms. The zero-order valence-corrected chi connectivity index (χ0v) is 14.3. The van der Waals surface area contributed by atoms with Crippen molar-refractivity contribution in [1.82, 2.24) is 16.0 Å². The third kappa shape index (κ3) is 4.15. The molecule has 1 aliphatic carbocycles. The molecule has 1 aromatic rings. The molecule has 1 saturated carbocycles. The summed E-state index contributed by atoms with van der Waals surface area (Å²) in [6, 6.07) is 7.57. The third-order valence-corrected chi connectivity index (χ3v) is 5.10. The van der Waals surface area contributed by atoms with E-state index in [-0.39, 0.29) is 29.9 Å². The first-order valence-electron chi connectivity index (χ1n) is 9.05. The highest BCUT2D eigenvalue weighted by atomic mass is 16.2. The van der Waals surface area contributed by atoms with Gasteiger partial charge in [-0.3, -0.25) is 9.59 Å². The fraction of sp³-hybridized carbons (Fsp3) is 0.579. The number of carbonyl (C=O) groups excluding carboxylic acids is 2. The van der Waals surface area contributed by atoms with Gasteiger partial charge in [0.25, 0.3) is 5.91 Å². The first kappa shape index (κ1) is 17.0. The molecule has 3 atom stereocenters. The van der Waals surface area contributed by atoms with Gasteiger partial charge < -0.3 is 16.0 Å². The van der Waals surface area contributed by atoms with Crippen LogP contribution >= 0.6 is 0 Å². The van der Waals surface area contributed by atoms with Crippen LogP contribution < -0.4 is 16.0 Å². The molecular formula is C19H27N3O2. The van der Waals surface area contributed by atoms with E-state index in [2.05, 4.69) is 16.0 Å². The first-order valence-corrected chi connectivity index (χ1v) is 9.05. The molecule has 0 aromatic heterocycles. The van der Waals surface area contributed by atoms with Crippen molar-refractivity contribution in [2.45, 2.75) is 63.6 Å². The van der Waals surface area contributed by atoms with Crippen molar-refractivity contribution in [3.8, 4) is 0 Å². The number of aryl methyl sites for hydroxylation is 1. The van der Waals surface area contributed by atoms with Gasteiger partial charge in [0.05, 0.1) is 6.04 Å². The molecule has 24 heavy (non-hydrogen) atoms. The Morgan fingerprint density at radius 1 is 0.958 bits per heavy atom. The van der Waals surface area contributed by atoms with Crippen LogP contribution in [-0.2, 0) is 4.79 Å². The summed E-state index contributed by atoms with van der Waals surface area (Å²) in [5, 5.41) is 9.52. The van der Waals surface area contributed by atoms with Crippen molar-refractivity contribution in [2.24, 2.45) is 0 Å². The van der Waals surface area contributed by atoms with E-state index in [0.29, 0.717) is 5.56 Å². The van der Waals surface area contributed by atoms with E-state index in [4.69, 9.17) is 0 Å². The van der Waals surface area contributed by atoms with Crippen LogP contribution in [0.5, 0.6) is 0 Å². The van der Waals surface area contributed by atoms with Gasteiger partial charge in [-0.2, -0.15) is 0 Å². The predicted octanol–water partition coefficient (Wildman–Crippen LogP) is 1.90. The Hall–Kier alpha value is -1.88. The van der Waals surface area contributed by atoms with E-state index in [9.17, 15) is 9.59 Å². The standard InChI is InChI=1S/C19H27N3O2/c1-13-8-10-14(11-9-13)18(23)21-15-5-2-3-6-16(15)22-19(24)17-7-4-12-20-17/h8-11,15-17,20H,2-7,12H2,1H3,(H,21,23)(H,22,24)/t15-,16?,17+/m1/s1. The monoisotopic (exact) mass is 329 g/mol. The van der Waals surface area contributed by atoms with Gasteiger partial charge in [-0.25, -0.2) is 0 Å². The molecule has 1 saturated heterocycles. The first-order chi connectivity index (χ1) is 11.6. The average Bonchev–Trinajstić information content (AvgIpc) is 3.12. The summed E-state index contributed by atoms with van der Waals surface area (Å²) in [6.07, 6.45) is 5.99. The Kier molecular flexibility index (Phi) is 5.51. The normalized spacial score (nSPS) is 26.8. The molecular weight excluding hydrogens is 302 g/mol. The molecule has 1 unspecified atom stereocenters. The number of nitrogens with one attached hydrogen (secondary N) is 3. The second-order valence-electron chi connectivity index (χ2n) is 6.99. The zero-order valence-electron chi connectivity index (χ0n) is 14.3. The number of benzene rings is 1.